The van der Waals surface area contributed by atoms with Gasteiger partial charge in [-0.05, 0) is 31.5 Å². The highest BCUT2D eigenvalue weighted by atomic mass is 35.5. The van der Waals surface area contributed by atoms with E-state index in [9.17, 15) is 4.79 Å². The van der Waals surface area contributed by atoms with E-state index in [2.05, 4.69) is 15.6 Å². The Hall–Kier alpha value is -1.13. The first-order valence-corrected chi connectivity index (χ1v) is 5.76. The number of halogens is 1. The quantitative estimate of drug-likeness (QED) is 0.816. The molecule has 2 rings (SSSR count). The van der Waals surface area contributed by atoms with E-state index in [1.807, 2.05) is 0 Å². The zero-order chi connectivity index (χ0) is 11.4. The van der Waals surface area contributed by atoms with E-state index in [1.54, 1.807) is 12.1 Å². The van der Waals surface area contributed by atoms with E-state index in [0.29, 0.717) is 10.7 Å². The van der Waals surface area contributed by atoms with Gasteiger partial charge in [-0.15, -0.1) is 0 Å². The van der Waals surface area contributed by atoms with Crippen molar-refractivity contribution >= 4 is 17.5 Å². The fraction of sp³-hybridized carbons (Fsp3) is 0.455. The zero-order valence-electron chi connectivity index (χ0n) is 8.87. The summed E-state index contributed by atoms with van der Waals surface area (Å²) in [5, 5.41) is 6.73. The van der Waals surface area contributed by atoms with Crippen LogP contribution < -0.4 is 10.6 Å². The first kappa shape index (κ1) is 11.4. The molecular weight excluding hydrogens is 226 g/mol. The van der Waals surface area contributed by atoms with Gasteiger partial charge in [0, 0.05) is 18.8 Å². The second kappa shape index (κ2) is 5.27. The molecule has 1 aromatic heterocycles. The molecule has 1 saturated heterocycles. The number of pyridine rings is 1. The maximum atomic E-state index is 11.8. The molecule has 1 aliphatic heterocycles. The van der Waals surface area contributed by atoms with E-state index in [1.165, 1.54) is 6.20 Å². The number of carbonyl (C=O) groups is 1. The van der Waals surface area contributed by atoms with Crippen LogP contribution in [0.3, 0.4) is 0 Å². The van der Waals surface area contributed by atoms with Crippen molar-refractivity contribution in [1.82, 2.24) is 15.6 Å². The lowest BCUT2D eigenvalue weighted by Crippen LogP contribution is -2.45. The van der Waals surface area contributed by atoms with Gasteiger partial charge in [-0.3, -0.25) is 4.79 Å². The van der Waals surface area contributed by atoms with Gasteiger partial charge in [-0.2, -0.15) is 0 Å². The molecule has 0 bridgehead atoms. The Kier molecular flexibility index (Phi) is 3.74. The first-order valence-electron chi connectivity index (χ1n) is 5.39. The third-order valence-corrected chi connectivity index (χ3v) is 2.82. The average molecular weight is 240 g/mol. The molecule has 1 aliphatic rings. The van der Waals surface area contributed by atoms with Crippen molar-refractivity contribution in [1.29, 1.82) is 0 Å². The second-order valence-electron chi connectivity index (χ2n) is 3.88. The Labute approximate surface area is 99.4 Å². The summed E-state index contributed by atoms with van der Waals surface area (Å²) >= 11 is 5.70. The number of hydrogen-bond acceptors (Lipinski definition) is 3. The van der Waals surface area contributed by atoms with Crippen LogP contribution in [0, 0.1) is 0 Å². The van der Waals surface area contributed by atoms with E-state index in [0.717, 1.165) is 25.9 Å². The molecule has 0 unspecified atom stereocenters. The number of carbonyl (C=O) groups excluding carboxylic acids is 1. The molecule has 1 fully saturated rings. The van der Waals surface area contributed by atoms with Crippen molar-refractivity contribution in [3.05, 3.63) is 29.0 Å². The minimum atomic E-state index is -0.134. The minimum Gasteiger partial charge on any atom is -0.347 e. The number of nitrogens with zero attached hydrogens (tertiary/aromatic N) is 1. The smallest absolute Gasteiger partial charge is 0.270 e. The lowest BCUT2D eigenvalue weighted by Gasteiger charge is -2.23. The van der Waals surface area contributed by atoms with Crippen LogP contribution >= 0.6 is 11.6 Å². The molecule has 0 saturated carbocycles. The van der Waals surface area contributed by atoms with E-state index in [4.69, 9.17) is 11.6 Å². The molecule has 2 heterocycles. The first-order chi connectivity index (χ1) is 7.75. The van der Waals surface area contributed by atoms with E-state index in [-0.39, 0.29) is 11.9 Å². The van der Waals surface area contributed by atoms with Gasteiger partial charge >= 0.3 is 0 Å². The van der Waals surface area contributed by atoms with Crippen LogP contribution in [0.15, 0.2) is 18.3 Å². The highest BCUT2D eigenvalue weighted by Crippen LogP contribution is 2.07. The second-order valence-corrected chi connectivity index (χ2v) is 4.31. The standard InChI is InChI=1S/C11H14ClN3O/c12-8-3-4-10(14-6-8)11(16)15-9-2-1-5-13-7-9/h3-4,6,9,13H,1-2,5,7H2,(H,15,16)/t9-/m1/s1. The van der Waals surface area contributed by atoms with E-state index >= 15 is 0 Å². The van der Waals surface area contributed by atoms with Gasteiger partial charge < -0.3 is 10.6 Å². The molecule has 2 N–H and O–H groups in total. The Morgan fingerprint density at radius 3 is 3.06 bits per heavy atom. The van der Waals surface area contributed by atoms with Gasteiger partial charge in [0.2, 0.25) is 0 Å². The lowest BCUT2D eigenvalue weighted by molar-refractivity contribution is 0.0925. The summed E-state index contributed by atoms with van der Waals surface area (Å²) in [6.45, 7) is 1.87. The number of hydrogen-bond donors (Lipinski definition) is 2. The third kappa shape index (κ3) is 2.93. The van der Waals surface area contributed by atoms with E-state index < -0.39 is 0 Å². The predicted octanol–water partition coefficient (Wildman–Crippen LogP) is 1.22. The van der Waals surface area contributed by atoms with Crippen molar-refractivity contribution in [2.45, 2.75) is 18.9 Å². The predicted molar refractivity (Wildman–Crippen MR) is 62.6 cm³/mol. The van der Waals surface area contributed by atoms with Crippen molar-refractivity contribution < 1.29 is 4.79 Å². The Morgan fingerprint density at radius 1 is 1.56 bits per heavy atom. The topological polar surface area (TPSA) is 54.0 Å². The molecule has 0 aromatic carbocycles. The zero-order valence-corrected chi connectivity index (χ0v) is 9.63. The number of aromatic nitrogens is 1. The summed E-state index contributed by atoms with van der Waals surface area (Å²) in [6, 6.07) is 3.51. The Bertz CT molecular complexity index is 360. The molecule has 1 amide bonds. The van der Waals surface area contributed by atoms with Crippen LogP contribution in [0.5, 0.6) is 0 Å². The SMILES string of the molecule is O=C(N[C@@H]1CCCNC1)c1ccc(Cl)cn1. The van der Waals surface area contributed by atoms with Gasteiger partial charge in [-0.25, -0.2) is 4.98 Å². The van der Waals surface area contributed by atoms with Crippen LogP contribution in [0.2, 0.25) is 5.02 Å². The molecular formula is C11H14ClN3O. The maximum Gasteiger partial charge on any atom is 0.270 e. The molecule has 86 valence electrons. The number of rotatable bonds is 2. The Balaban J connectivity index is 1.94. The molecule has 4 nitrogen and oxygen atoms in total. The van der Waals surface area contributed by atoms with Gasteiger partial charge in [0.25, 0.3) is 5.91 Å². The molecule has 5 heteroatoms. The monoisotopic (exact) mass is 239 g/mol. The fourth-order valence-electron chi connectivity index (χ4n) is 1.74. The van der Waals surface area contributed by atoms with Gasteiger partial charge in [0.15, 0.2) is 0 Å². The van der Waals surface area contributed by atoms with Crippen molar-refractivity contribution in [2.75, 3.05) is 13.1 Å². The van der Waals surface area contributed by atoms with Gasteiger partial charge in [0.1, 0.15) is 5.69 Å². The average Bonchev–Trinajstić information content (AvgIpc) is 2.31. The number of piperidine rings is 1. The van der Waals surface area contributed by atoms with Crippen LogP contribution in [0.4, 0.5) is 0 Å². The molecule has 0 aliphatic carbocycles. The summed E-state index contributed by atoms with van der Waals surface area (Å²) in [4.78, 5) is 15.8. The summed E-state index contributed by atoms with van der Waals surface area (Å²) in [5.41, 5.74) is 0.412. The van der Waals surface area contributed by atoms with Crippen molar-refractivity contribution in [3.8, 4) is 0 Å². The molecule has 0 radical (unpaired) electrons. The van der Waals surface area contributed by atoms with Crippen molar-refractivity contribution in [2.24, 2.45) is 0 Å². The van der Waals surface area contributed by atoms with Crippen LogP contribution in [0.1, 0.15) is 23.3 Å². The molecule has 1 atom stereocenters. The fourth-order valence-corrected chi connectivity index (χ4v) is 1.86. The molecule has 1 aromatic rings. The van der Waals surface area contributed by atoms with Gasteiger partial charge in [0.05, 0.1) is 5.02 Å². The third-order valence-electron chi connectivity index (χ3n) is 2.59. The van der Waals surface area contributed by atoms with Gasteiger partial charge in [-0.1, -0.05) is 11.6 Å². The highest BCUT2D eigenvalue weighted by molar-refractivity contribution is 6.30. The minimum absolute atomic E-state index is 0.134. The van der Waals surface area contributed by atoms with Crippen LogP contribution in [-0.4, -0.2) is 30.0 Å². The molecule has 0 spiro atoms. The lowest BCUT2D eigenvalue weighted by atomic mass is 10.1. The summed E-state index contributed by atoms with van der Waals surface area (Å²) in [5.74, 6) is -0.134. The number of nitrogens with one attached hydrogen (secondary N) is 2. The largest absolute Gasteiger partial charge is 0.347 e. The summed E-state index contributed by atoms with van der Waals surface area (Å²) in [7, 11) is 0. The van der Waals surface area contributed by atoms with Crippen LogP contribution in [-0.2, 0) is 0 Å². The maximum absolute atomic E-state index is 11.8. The summed E-state index contributed by atoms with van der Waals surface area (Å²) < 4.78 is 0. The van der Waals surface area contributed by atoms with Crippen LogP contribution in [0.25, 0.3) is 0 Å². The number of amides is 1. The Morgan fingerprint density at radius 2 is 2.44 bits per heavy atom. The summed E-state index contributed by atoms with van der Waals surface area (Å²) in [6.07, 6.45) is 3.60. The molecule has 16 heavy (non-hydrogen) atoms. The van der Waals surface area contributed by atoms with Crippen molar-refractivity contribution in [3.63, 3.8) is 0 Å². The normalized spacial score (nSPS) is 20.4. The highest BCUT2D eigenvalue weighted by Gasteiger charge is 2.16.